The highest BCUT2D eigenvalue weighted by atomic mass is 19.1. The number of hydrogen-bond donors (Lipinski definition) is 0. The Morgan fingerprint density at radius 2 is 2.03 bits per heavy atom. The molecule has 0 amide bonds. The maximum absolute atomic E-state index is 14.2. The third-order valence-corrected chi connectivity index (χ3v) is 5.45. The van der Waals surface area contributed by atoms with Crippen LogP contribution in [0.1, 0.15) is 38.2 Å². The number of carbonyl (C=O) groups excluding carboxylic acids is 1. The van der Waals surface area contributed by atoms with Gasteiger partial charge in [0.15, 0.2) is 0 Å². The van der Waals surface area contributed by atoms with Gasteiger partial charge < -0.3 is 9.64 Å². The highest BCUT2D eigenvalue weighted by Gasteiger charge is 2.26. The van der Waals surface area contributed by atoms with Crippen LogP contribution in [0.15, 0.2) is 48.5 Å². The third kappa shape index (κ3) is 5.99. The summed E-state index contributed by atoms with van der Waals surface area (Å²) in [5.41, 5.74) is 2.05. The summed E-state index contributed by atoms with van der Waals surface area (Å²) in [6.07, 6.45) is 7.89. The van der Waals surface area contributed by atoms with Crippen molar-refractivity contribution >= 4 is 12.0 Å². The van der Waals surface area contributed by atoms with Crippen molar-refractivity contribution in [1.82, 2.24) is 4.90 Å². The number of nitrogens with zero attached hydrogens (tertiary/aromatic N) is 1. The molecule has 3 rings (SSSR count). The lowest BCUT2D eigenvalue weighted by Gasteiger charge is -2.31. The Kier molecular flexibility index (Phi) is 8.14. The van der Waals surface area contributed by atoms with Crippen LogP contribution in [0.5, 0.6) is 0 Å². The number of hydrogen-bond acceptors (Lipinski definition) is 3. The fourth-order valence-electron chi connectivity index (χ4n) is 3.95. The second kappa shape index (κ2) is 11.0. The lowest BCUT2D eigenvalue weighted by atomic mass is 9.97. The van der Waals surface area contributed by atoms with E-state index >= 15 is 0 Å². The molecule has 160 valence electrons. The minimum Gasteiger partial charge on any atom is -0.466 e. The second-order valence-corrected chi connectivity index (χ2v) is 7.65. The van der Waals surface area contributed by atoms with Gasteiger partial charge in [0, 0.05) is 18.2 Å². The predicted molar refractivity (Wildman–Crippen MR) is 116 cm³/mol. The average molecular weight is 414 g/mol. The molecule has 0 aromatic heterocycles. The number of piperidine rings is 1. The molecule has 2 aromatic rings. The number of benzene rings is 2. The molecule has 1 aliphatic rings. The van der Waals surface area contributed by atoms with Gasteiger partial charge in [-0.05, 0) is 69.0 Å². The number of rotatable bonds is 8. The smallest absolute Gasteiger partial charge is 0.310 e. The van der Waals surface area contributed by atoms with Crippen LogP contribution >= 0.6 is 0 Å². The maximum Gasteiger partial charge on any atom is 0.310 e. The van der Waals surface area contributed by atoms with Gasteiger partial charge in [-0.3, -0.25) is 4.79 Å². The highest BCUT2D eigenvalue weighted by Crippen LogP contribution is 2.28. The molecule has 0 spiro atoms. The van der Waals surface area contributed by atoms with Crippen molar-refractivity contribution in [3.05, 3.63) is 65.7 Å². The molecule has 1 atom stereocenters. The molecule has 5 heteroatoms. The van der Waals surface area contributed by atoms with E-state index in [0.29, 0.717) is 12.2 Å². The molecule has 0 N–H and O–H groups in total. The summed E-state index contributed by atoms with van der Waals surface area (Å²) >= 11 is 0. The van der Waals surface area contributed by atoms with Gasteiger partial charge in [0.25, 0.3) is 0 Å². The first-order valence-electron chi connectivity index (χ1n) is 10.7. The SMILES string of the molecule is CCOC(=O)C1CCCN(CCC/C=C/c2ccccc2-c2ccc(F)cc2F)C1. The third-order valence-electron chi connectivity index (χ3n) is 5.45. The van der Waals surface area contributed by atoms with E-state index in [9.17, 15) is 13.6 Å². The Hall–Kier alpha value is -2.53. The van der Waals surface area contributed by atoms with E-state index in [-0.39, 0.29) is 11.9 Å². The molecular weight excluding hydrogens is 384 g/mol. The Balaban J connectivity index is 1.54. The van der Waals surface area contributed by atoms with Gasteiger partial charge in [0.05, 0.1) is 12.5 Å². The number of halogens is 2. The molecular formula is C25H29F2NO2. The lowest BCUT2D eigenvalue weighted by molar-refractivity contribution is -0.149. The van der Waals surface area contributed by atoms with Crippen LogP contribution in [0.4, 0.5) is 8.78 Å². The van der Waals surface area contributed by atoms with Crippen LogP contribution in [-0.2, 0) is 9.53 Å². The van der Waals surface area contributed by atoms with E-state index in [2.05, 4.69) is 11.0 Å². The van der Waals surface area contributed by atoms with Crippen LogP contribution in [0.25, 0.3) is 17.2 Å². The number of allylic oxidation sites excluding steroid dienone is 1. The summed E-state index contributed by atoms with van der Waals surface area (Å²) in [5, 5.41) is 0. The summed E-state index contributed by atoms with van der Waals surface area (Å²) in [5.74, 6) is -1.22. The number of carbonyl (C=O) groups is 1. The van der Waals surface area contributed by atoms with Gasteiger partial charge in [0.2, 0.25) is 0 Å². The number of unbranched alkanes of at least 4 members (excludes halogenated alkanes) is 1. The minimum absolute atomic E-state index is 0.00766. The zero-order valence-electron chi connectivity index (χ0n) is 17.4. The quantitative estimate of drug-likeness (QED) is 0.411. The van der Waals surface area contributed by atoms with Crippen molar-refractivity contribution in [2.75, 3.05) is 26.2 Å². The Morgan fingerprint density at radius 3 is 2.83 bits per heavy atom. The van der Waals surface area contributed by atoms with Crippen molar-refractivity contribution < 1.29 is 18.3 Å². The van der Waals surface area contributed by atoms with E-state index in [1.165, 1.54) is 12.1 Å². The first-order valence-corrected chi connectivity index (χ1v) is 10.7. The van der Waals surface area contributed by atoms with E-state index in [0.717, 1.165) is 62.5 Å². The van der Waals surface area contributed by atoms with Crippen LogP contribution < -0.4 is 0 Å². The number of likely N-dealkylation sites (tertiary alicyclic amines) is 1. The summed E-state index contributed by atoms with van der Waals surface area (Å²) < 4.78 is 32.6. The van der Waals surface area contributed by atoms with Crippen LogP contribution in [0.2, 0.25) is 0 Å². The lowest BCUT2D eigenvalue weighted by Crippen LogP contribution is -2.39. The largest absolute Gasteiger partial charge is 0.466 e. The van der Waals surface area contributed by atoms with Crippen molar-refractivity contribution in [3.8, 4) is 11.1 Å². The standard InChI is InChI=1S/C25H29F2NO2/c1-2-30-25(29)20-11-8-16-28(18-20)15-7-3-4-9-19-10-5-6-12-22(19)23-14-13-21(26)17-24(23)27/h4-6,9-10,12-14,17,20H,2-3,7-8,11,15-16,18H2,1H3/b9-4+. The molecule has 0 aliphatic carbocycles. The maximum atomic E-state index is 14.2. The van der Waals surface area contributed by atoms with E-state index in [4.69, 9.17) is 4.74 Å². The van der Waals surface area contributed by atoms with Gasteiger partial charge >= 0.3 is 5.97 Å². The topological polar surface area (TPSA) is 29.5 Å². The molecule has 0 saturated carbocycles. The summed E-state index contributed by atoms with van der Waals surface area (Å²) in [4.78, 5) is 14.3. The first-order chi connectivity index (χ1) is 14.6. The Bertz CT molecular complexity index is 881. The van der Waals surface area contributed by atoms with Crippen LogP contribution in [-0.4, -0.2) is 37.1 Å². The van der Waals surface area contributed by atoms with Gasteiger partial charge in [-0.25, -0.2) is 8.78 Å². The van der Waals surface area contributed by atoms with Crippen molar-refractivity contribution in [2.45, 2.75) is 32.6 Å². The van der Waals surface area contributed by atoms with E-state index in [1.807, 2.05) is 37.3 Å². The molecule has 30 heavy (non-hydrogen) atoms. The van der Waals surface area contributed by atoms with E-state index in [1.54, 1.807) is 0 Å². The zero-order chi connectivity index (χ0) is 21.3. The molecule has 1 unspecified atom stereocenters. The van der Waals surface area contributed by atoms with E-state index < -0.39 is 11.6 Å². The molecule has 1 saturated heterocycles. The number of esters is 1. The Labute approximate surface area is 177 Å². The van der Waals surface area contributed by atoms with Crippen LogP contribution in [0, 0.1) is 17.6 Å². The Morgan fingerprint density at radius 1 is 1.20 bits per heavy atom. The highest BCUT2D eigenvalue weighted by molar-refractivity contribution is 5.75. The monoisotopic (exact) mass is 413 g/mol. The van der Waals surface area contributed by atoms with Crippen LogP contribution in [0.3, 0.4) is 0 Å². The van der Waals surface area contributed by atoms with Gasteiger partial charge in [0.1, 0.15) is 11.6 Å². The molecule has 0 radical (unpaired) electrons. The van der Waals surface area contributed by atoms with Gasteiger partial charge in [-0.2, -0.15) is 0 Å². The van der Waals surface area contributed by atoms with Gasteiger partial charge in [-0.15, -0.1) is 0 Å². The molecule has 2 aromatic carbocycles. The van der Waals surface area contributed by atoms with Gasteiger partial charge in [-0.1, -0.05) is 36.4 Å². The minimum atomic E-state index is -0.577. The number of ether oxygens (including phenoxy) is 1. The summed E-state index contributed by atoms with van der Waals surface area (Å²) in [6.45, 7) is 5.01. The molecule has 1 fully saturated rings. The fourth-order valence-corrected chi connectivity index (χ4v) is 3.95. The average Bonchev–Trinajstić information content (AvgIpc) is 2.74. The molecule has 1 aliphatic heterocycles. The zero-order valence-corrected chi connectivity index (χ0v) is 17.4. The summed E-state index contributed by atoms with van der Waals surface area (Å²) in [7, 11) is 0. The van der Waals surface area contributed by atoms with Crippen molar-refractivity contribution in [2.24, 2.45) is 5.92 Å². The second-order valence-electron chi connectivity index (χ2n) is 7.65. The summed E-state index contributed by atoms with van der Waals surface area (Å²) in [6, 6.07) is 11.2. The predicted octanol–water partition coefficient (Wildman–Crippen LogP) is 5.70. The first kappa shape index (κ1) is 22.2. The molecule has 1 heterocycles. The van der Waals surface area contributed by atoms with Crippen molar-refractivity contribution in [3.63, 3.8) is 0 Å². The molecule has 3 nitrogen and oxygen atoms in total. The molecule has 0 bridgehead atoms. The fraction of sp³-hybridized carbons (Fsp3) is 0.400. The van der Waals surface area contributed by atoms with Crippen molar-refractivity contribution in [1.29, 1.82) is 0 Å². The normalized spacial score (nSPS) is 17.4.